The van der Waals surface area contributed by atoms with Crippen LogP contribution in [0.1, 0.15) is 20.8 Å². The van der Waals surface area contributed by atoms with E-state index in [0.29, 0.717) is 0 Å². The van der Waals surface area contributed by atoms with Crippen LogP contribution in [-0.4, -0.2) is 41.4 Å². The van der Waals surface area contributed by atoms with Crippen LogP contribution in [0.25, 0.3) is 0 Å². The number of aliphatic hydroxyl groups excluding tert-OH is 1. The fraction of sp³-hybridized carbons (Fsp3) is 1.00. The molecule has 1 saturated heterocycles. The van der Waals surface area contributed by atoms with Gasteiger partial charge in [0, 0.05) is 25.3 Å². The molecule has 3 nitrogen and oxygen atoms in total. The summed E-state index contributed by atoms with van der Waals surface area (Å²) in [7, 11) is 0. The third-order valence-electron chi connectivity index (χ3n) is 1.77. The van der Waals surface area contributed by atoms with Crippen LogP contribution in [0, 0.1) is 0 Å². The molecule has 0 atom stereocenters. The van der Waals surface area contributed by atoms with Crippen molar-refractivity contribution in [3.63, 3.8) is 0 Å². The van der Waals surface area contributed by atoms with Crippen LogP contribution in [0.4, 0.5) is 0 Å². The minimum Gasteiger partial charge on any atom is -0.390 e. The Hall–Kier alpha value is -0.120. The van der Waals surface area contributed by atoms with Gasteiger partial charge in [-0.25, -0.2) is 0 Å². The summed E-state index contributed by atoms with van der Waals surface area (Å²) in [6.07, 6.45) is -0.0863. The molecule has 0 bridgehead atoms. The average molecular weight is 158 g/mol. The van der Waals surface area contributed by atoms with E-state index in [0.717, 1.165) is 19.8 Å². The molecule has 0 radical (unpaired) electrons. The van der Waals surface area contributed by atoms with E-state index in [1.54, 1.807) is 0 Å². The van der Waals surface area contributed by atoms with Crippen LogP contribution in [0.3, 0.4) is 0 Å². The first-order valence-corrected chi connectivity index (χ1v) is 4.13. The molecule has 11 heavy (non-hydrogen) atoms. The molecule has 66 valence electrons. The molecule has 0 unspecified atom stereocenters. The van der Waals surface area contributed by atoms with Crippen molar-refractivity contribution in [1.29, 1.82) is 0 Å². The number of nitrogens with one attached hydrogen (secondary N) is 1. The molecule has 1 heterocycles. The number of hydrogen-bond acceptors (Lipinski definition) is 3. The number of hydrogen-bond donors (Lipinski definition) is 2. The second-order valence-corrected chi connectivity index (χ2v) is 4.27. The third-order valence-corrected chi connectivity index (χ3v) is 1.77. The Labute approximate surface area is 68.4 Å². The van der Waals surface area contributed by atoms with Crippen molar-refractivity contribution in [3.05, 3.63) is 0 Å². The van der Waals surface area contributed by atoms with Gasteiger partial charge in [-0.1, -0.05) is 0 Å². The number of rotatable bonds is 2. The van der Waals surface area contributed by atoms with Gasteiger partial charge in [0.05, 0.1) is 6.10 Å². The Morgan fingerprint density at radius 2 is 2.00 bits per heavy atom. The first kappa shape index (κ1) is 8.97. The Morgan fingerprint density at radius 3 is 2.36 bits per heavy atom. The molecule has 1 aliphatic rings. The van der Waals surface area contributed by atoms with Gasteiger partial charge in [0.2, 0.25) is 0 Å². The number of β-amino-alcohol motifs (C(OH)–C–C–N with tert-alkyl or cyclic N) is 1. The molecule has 3 heteroatoms. The number of likely N-dealkylation sites (tertiary alicyclic amines) is 1. The lowest BCUT2D eigenvalue weighted by molar-refractivity contribution is -0.00629. The van der Waals surface area contributed by atoms with E-state index in [2.05, 4.69) is 31.0 Å². The SMILES string of the molecule is CC(C)(C)NCN1CC(O)C1. The fourth-order valence-corrected chi connectivity index (χ4v) is 1.02. The van der Waals surface area contributed by atoms with Crippen LogP contribution in [0.15, 0.2) is 0 Å². The Kier molecular flexibility index (Phi) is 2.52. The smallest absolute Gasteiger partial charge is 0.0794 e. The van der Waals surface area contributed by atoms with Crippen LogP contribution >= 0.6 is 0 Å². The van der Waals surface area contributed by atoms with E-state index >= 15 is 0 Å². The van der Waals surface area contributed by atoms with E-state index in [-0.39, 0.29) is 11.6 Å². The topological polar surface area (TPSA) is 35.5 Å². The zero-order chi connectivity index (χ0) is 8.48. The van der Waals surface area contributed by atoms with Gasteiger partial charge in [-0.15, -0.1) is 0 Å². The van der Waals surface area contributed by atoms with Crippen molar-refractivity contribution in [1.82, 2.24) is 10.2 Å². The fourth-order valence-electron chi connectivity index (χ4n) is 1.02. The highest BCUT2D eigenvalue weighted by molar-refractivity contribution is 4.80. The molecule has 2 N–H and O–H groups in total. The summed E-state index contributed by atoms with van der Waals surface area (Å²) in [6.45, 7) is 8.96. The highest BCUT2D eigenvalue weighted by Crippen LogP contribution is 2.06. The molecule has 0 aromatic heterocycles. The molecule has 0 aromatic carbocycles. The maximum absolute atomic E-state index is 8.98. The normalized spacial score (nSPS) is 21.8. The molecule has 0 aliphatic carbocycles. The van der Waals surface area contributed by atoms with Crippen LogP contribution in [0.2, 0.25) is 0 Å². The summed E-state index contributed by atoms with van der Waals surface area (Å²) in [5, 5.41) is 12.3. The van der Waals surface area contributed by atoms with Gasteiger partial charge in [0.25, 0.3) is 0 Å². The van der Waals surface area contributed by atoms with Gasteiger partial charge in [0.1, 0.15) is 0 Å². The first-order valence-electron chi connectivity index (χ1n) is 4.13. The molecule has 0 saturated carbocycles. The Bertz CT molecular complexity index is 125. The van der Waals surface area contributed by atoms with E-state index in [9.17, 15) is 0 Å². The number of nitrogens with zero attached hydrogens (tertiary/aromatic N) is 1. The van der Waals surface area contributed by atoms with Gasteiger partial charge in [0.15, 0.2) is 0 Å². The van der Waals surface area contributed by atoms with E-state index < -0.39 is 0 Å². The molecule has 0 amide bonds. The van der Waals surface area contributed by atoms with E-state index in [1.807, 2.05) is 0 Å². The molecule has 1 rings (SSSR count). The maximum atomic E-state index is 8.98. The highest BCUT2D eigenvalue weighted by atomic mass is 16.3. The second-order valence-electron chi connectivity index (χ2n) is 4.27. The van der Waals surface area contributed by atoms with Crippen LogP contribution < -0.4 is 5.32 Å². The van der Waals surface area contributed by atoms with Crippen LogP contribution in [0.5, 0.6) is 0 Å². The predicted octanol–water partition coefficient (Wildman–Crippen LogP) is 0.00850. The second kappa shape index (κ2) is 3.09. The monoisotopic (exact) mass is 158 g/mol. The molecule has 0 aromatic rings. The summed E-state index contributed by atoms with van der Waals surface area (Å²) in [4.78, 5) is 2.19. The minimum absolute atomic E-state index is 0.0863. The lowest BCUT2D eigenvalue weighted by Gasteiger charge is -2.37. The van der Waals surface area contributed by atoms with E-state index in [1.165, 1.54) is 0 Å². The van der Waals surface area contributed by atoms with Crippen molar-refractivity contribution in [2.75, 3.05) is 19.8 Å². The zero-order valence-electron chi connectivity index (χ0n) is 7.59. The third kappa shape index (κ3) is 3.18. The summed E-state index contributed by atoms with van der Waals surface area (Å²) in [5.41, 5.74) is 0.181. The largest absolute Gasteiger partial charge is 0.390 e. The lowest BCUT2D eigenvalue weighted by Crippen LogP contribution is -2.56. The summed E-state index contributed by atoms with van der Waals surface area (Å²) >= 11 is 0. The summed E-state index contributed by atoms with van der Waals surface area (Å²) in [6, 6.07) is 0. The van der Waals surface area contributed by atoms with Crippen LogP contribution in [-0.2, 0) is 0 Å². The summed E-state index contributed by atoms with van der Waals surface area (Å²) in [5.74, 6) is 0. The maximum Gasteiger partial charge on any atom is 0.0794 e. The molecular weight excluding hydrogens is 140 g/mol. The van der Waals surface area contributed by atoms with Gasteiger partial charge in [-0.05, 0) is 20.8 Å². The van der Waals surface area contributed by atoms with Gasteiger partial charge < -0.3 is 5.11 Å². The zero-order valence-corrected chi connectivity index (χ0v) is 7.59. The first-order chi connectivity index (χ1) is 4.97. The highest BCUT2D eigenvalue weighted by Gasteiger charge is 2.24. The van der Waals surface area contributed by atoms with Gasteiger partial charge in [-0.3, -0.25) is 10.2 Å². The van der Waals surface area contributed by atoms with Crippen molar-refractivity contribution < 1.29 is 5.11 Å². The Balaban J connectivity index is 2.05. The van der Waals surface area contributed by atoms with Gasteiger partial charge >= 0.3 is 0 Å². The van der Waals surface area contributed by atoms with Gasteiger partial charge in [-0.2, -0.15) is 0 Å². The minimum atomic E-state index is -0.0863. The molecular formula is C8H18N2O. The summed E-state index contributed by atoms with van der Waals surface area (Å²) < 4.78 is 0. The average Bonchev–Trinajstić information content (AvgIpc) is 1.75. The predicted molar refractivity (Wildman–Crippen MR) is 45.3 cm³/mol. The van der Waals surface area contributed by atoms with Crippen molar-refractivity contribution in [2.45, 2.75) is 32.4 Å². The molecule has 0 spiro atoms. The quantitative estimate of drug-likeness (QED) is 0.594. The number of aliphatic hydroxyl groups is 1. The van der Waals surface area contributed by atoms with Crippen molar-refractivity contribution >= 4 is 0 Å². The van der Waals surface area contributed by atoms with Crippen molar-refractivity contribution in [3.8, 4) is 0 Å². The molecule has 1 aliphatic heterocycles. The standard InChI is InChI=1S/C8H18N2O/c1-8(2,3)9-6-10-4-7(11)5-10/h7,9,11H,4-6H2,1-3H3. The van der Waals surface area contributed by atoms with Crippen molar-refractivity contribution in [2.24, 2.45) is 0 Å². The van der Waals surface area contributed by atoms with E-state index in [4.69, 9.17) is 5.11 Å². The lowest BCUT2D eigenvalue weighted by atomic mass is 10.1. The Morgan fingerprint density at radius 1 is 1.45 bits per heavy atom. The molecule has 1 fully saturated rings.